The normalized spacial score (nSPS) is 10.6. The van der Waals surface area contributed by atoms with Gasteiger partial charge in [-0.05, 0) is 18.2 Å². The van der Waals surface area contributed by atoms with E-state index in [1.54, 1.807) is 7.11 Å². The van der Waals surface area contributed by atoms with Gasteiger partial charge in [0.05, 0.1) is 20.3 Å². The maximum atomic E-state index is 12.7. The molecule has 0 aliphatic carbocycles. The second kappa shape index (κ2) is 12.1. The highest BCUT2D eigenvalue weighted by atomic mass is 32.2. The molecule has 2 N–H and O–H groups in total. The summed E-state index contributed by atoms with van der Waals surface area (Å²) in [5, 5.41) is 9.31. The molecule has 10 heteroatoms. The summed E-state index contributed by atoms with van der Waals surface area (Å²) < 4.78 is 20.3. The Morgan fingerprint density at radius 1 is 1.07 bits per heavy atom. The van der Waals surface area contributed by atoms with Crippen LogP contribution in [-0.4, -0.2) is 64.6 Å². The van der Waals surface area contributed by atoms with E-state index in [9.17, 15) is 9.59 Å². The van der Waals surface area contributed by atoms with Gasteiger partial charge in [-0.1, -0.05) is 11.2 Å². The van der Waals surface area contributed by atoms with Crippen molar-refractivity contribution in [3.8, 4) is 5.75 Å². The van der Waals surface area contributed by atoms with Crippen LogP contribution in [0.2, 0.25) is 0 Å². The number of benzene rings is 1. The summed E-state index contributed by atoms with van der Waals surface area (Å²) in [4.78, 5) is 26.0. The summed E-state index contributed by atoms with van der Waals surface area (Å²) in [6.45, 7) is 1.27. The zero-order valence-electron chi connectivity index (χ0n) is 16.6. The third-order valence-electron chi connectivity index (χ3n) is 3.80. The minimum Gasteiger partial charge on any atom is -0.497 e. The molecule has 0 unspecified atom stereocenters. The summed E-state index contributed by atoms with van der Waals surface area (Å²) in [5.41, 5.74) is 0.496. The van der Waals surface area contributed by atoms with Crippen molar-refractivity contribution in [1.82, 2.24) is 15.8 Å². The molecule has 9 nitrogen and oxygen atoms in total. The molecule has 2 aromatic rings. The molecule has 1 aromatic heterocycles. The van der Waals surface area contributed by atoms with Crippen molar-refractivity contribution in [2.24, 2.45) is 0 Å². The van der Waals surface area contributed by atoms with Crippen molar-refractivity contribution in [3.63, 3.8) is 0 Å². The molecule has 0 aliphatic rings. The predicted octanol–water partition coefficient (Wildman–Crippen LogP) is 1.73. The quantitative estimate of drug-likeness (QED) is 0.392. The van der Waals surface area contributed by atoms with E-state index >= 15 is 0 Å². The number of hydrogen-bond acceptors (Lipinski definition) is 8. The largest absolute Gasteiger partial charge is 0.497 e. The van der Waals surface area contributed by atoms with Gasteiger partial charge in [-0.2, -0.15) is 0 Å². The molecule has 2 rings (SSSR count). The van der Waals surface area contributed by atoms with Gasteiger partial charge in [0.15, 0.2) is 0 Å². The van der Waals surface area contributed by atoms with Crippen LogP contribution in [0.15, 0.2) is 33.7 Å². The molecule has 1 heterocycles. The highest BCUT2D eigenvalue weighted by Gasteiger charge is 2.27. The summed E-state index contributed by atoms with van der Waals surface area (Å²) in [7, 11) is 4.66. The van der Waals surface area contributed by atoms with Crippen LogP contribution in [0.25, 0.3) is 0 Å². The molecule has 0 saturated heterocycles. The first-order valence-corrected chi connectivity index (χ1v) is 9.89. The lowest BCUT2D eigenvalue weighted by molar-refractivity contribution is 0.0876. The third-order valence-corrected chi connectivity index (χ3v) is 4.80. The van der Waals surface area contributed by atoms with Crippen LogP contribution >= 0.6 is 11.8 Å². The van der Waals surface area contributed by atoms with Crippen LogP contribution in [-0.2, 0) is 15.2 Å². The maximum absolute atomic E-state index is 12.7. The van der Waals surface area contributed by atoms with Gasteiger partial charge in [-0.3, -0.25) is 9.59 Å². The van der Waals surface area contributed by atoms with Gasteiger partial charge in [0.1, 0.15) is 17.0 Å². The number of aromatic nitrogens is 1. The van der Waals surface area contributed by atoms with Crippen molar-refractivity contribution in [2.75, 3.05) is 47.6 Å². The highest BCUT2D eigenvalue weighted by Crippen LogP contribution is 2.28. The number of hydrogen-bond donors (Lipinski definition) is 2. The predicted molar refractivity (Wildman–Crippen MR) is 107 cm³/mol. The fourth-order valence-electron chi connectivity index (χ4n) is 2.36. The van der Waals surface area contributed by atoms with E-state index in [1.807, 2.05) is 24.3 Å². The van der Waals surface area contributed by atoms with E-state index in [1.165, 1.54) is 26.0 Å². The summed E-state index contributed by atoms with van der Waals surface area (Å²) in [6.07, 6.45) is 0. The number of methoxy groups -OCH3 is 3. The van der Waals surface area contributed by atoms with Gasteiger partial charge in [-0.25, -0.2) is 0 Å². The molecule has 0 spiro atoms. The van der Waals surface area contributed by atoms with Gasteiger partial charge in [0.2, 0.25) is 5.76 Å². The van der Waals surface area contributed by atoms with Gasteiger partial charge < -0.3 is 29.4 Å². The number of ether oxygens (including phenoxy) is 3. The van der Waals surface area contributed by atoms with Crippen LogP contribution in [0.1, 0.15) is 26.6 Å². The van der Waals surface area contributed by atoms with E-state index in [2.05, 4.69) is 15.8 Å². The molecule has 0 atom stereocenters. The van der Waals surface area contributed by atoms with E-state index in [4.69, 9.17) is 18.7 Å². The van der Waals surface area contributed by atoms with Crippen molar-refractivity contribution in [3.05, 3.63) is 41.3 Å². The molecule has 0 saturated carbocycles. The zero-order valence-corrected chi connectivity index (χ0v) is 17.5. The summed E-state index contributed by atoms with van der Waals surface area (Å²) >= 11 is 1.45. The number of amides is 2. The average Bonchev–Trinajstić information content (AvgIpc) is 3.17. The number of rotatable bonds is 12. The van der Waals surface area contributed by atoms with E-state index in [0.717, 1.165) is 10.6 Å². The Morgan fingerprint density at radius 2 is 1.76 bits per heavy atom. The zero-order chi connectivity index (χ0) is 21.1. The number of carbonyl (C=O) groups excluding carboxylic acids is 2. The number of carbonyl (C=O) groups is 2. The second-order valence-corrected chi connectivity index (χ2v) is 6.85. The van der Waals surface area contributed by atoms with Crippen LogP contribution in [0.5, 0.6) is 5.75 Å². The number of nitrogens with zero attached hydrogens (tertiary/aromatic N) is 1. The molecule has 1 aromatic carbocycles. The SMILES string of the molecule is COCCNC(=O)c1onc(CSc2cccc(OC)c2)c1C(=O)NCCOC. The summed E-state index contributed by atoms with van der Waals surface area (Å²) in [5.74, 6) is -0.0247. The molecule has 2 amide bonds. The second-order valence-electron chi connectivity index (χ2n) is 5.80. The average molecular weight is 423 g/mol. The van der Waals surface area contributed by atoms with Gasteiger partial charge in [0, 0.05) is 38.0 Å². The Bertz CT molecular complexity index is 811. The van der Waals surface area contributed by atoms with E-state index in [0.29, 0.717) is 31.2 Å². The summed E-state index contributed by atoms with van der Waals surface area (Å²) in [6, 6.07) is 7.51. The number of nitrogens with one attached hydrogen (secondary N) is 2. The lowest BCUT2D eigenvalue weighted by atomic mass is 10.1. The maximum Gasteiger partial charge on any atom is 0.290 e. The molecular weight excluding hydrogens is 398 g/mol. The van der Waals surface area contributed by atoms with E-state index in [-0.39, 0.29) is 17.9 Å². The van der Waals surface area contributed by atoms with Crippen LogP contribution in [0, 0.1) is 0 Å². The lowest BCUT2D eigenvalue weighted by Gasteiger charge is -2.07. The number of thioether (sulfide) groups is 1. The fourth-order valence-corrected chi connectivity index (χ4v) is 3.23. The fraction of sp³-hybridized carbons (Fsp3) is 0.421. The molecule has 0 aliphatic heterocycles. The van der Waals surface area contributed by atoms with Gasteiger partial charge in [-0.15, -0.1) is 11.8 Å². The highest BCUT2D eigenvalue weighted by molar-refractivity contribution is 7.98. The Balaban J connectivity index is 2.18. The molecule has 158 valence electrons. The standard InChI is InChI=1S/C19H25N3O6S/c1-25-9-7-20-18(23)16-15(12-29-14-6-4-5-13(11-14)27-3)22-28-17(16)19(24)21-8-10-26-2/h4-6,11H,7-10,12H2,1-3H3,(H,20,23)(H,21,24). The van der Waals surface area contributed by atoms with Crippen molar-refractivity contribution in [1.29, 1.82) is 0 Å². The third kappa shape index (κ3) is 6.77. The Kier molecular flexibility index (Phi) is 9.48. The van der Waals surface area contributed by atoms with Crippen LogP contribution in [0.3, 0.4) is 0 Å². The molecule has 0 radical (unpaired) electrons. The van der Waals surface area contributed by atoms with Crippen LogP contribution in [0.4, 0.5) is 0 Å². The van der Waals surface area contributed by atoms with Gasteiger partial charge in [0.25, 0.3) is 11.8 Å². The Morgan fingerprint density at radius 3 is 2.41 bits per heavy atom. The molecular formula is C19H25N3O6S. The van der Waals surface area contributed by atoms with E-state index < -0.39 is 11.8 Å². The smallest absolute Gasteiger partial charge is 0.290 e. The minimum atomic E-state index is -0.524. The first-order valence-electron chi connectivity index (χ1n) is 8.90. The van der Waals surface area contributed by atoms with Crippen LogP contribution < -0.4 is 15.4 Å². The minimum absolute atomic E-state index is 0.117. The first kappa shape index (κ1) is 22.7. The monoisotopic (exact) mass is 423 g/mol. The first-order chi connectivity index (χ1) is 14.1. The van der Waals surface area contributed by atoms with Crippen molar-refractivity contribution >= 4 is 23.6 Å². The lowest BCUT2D eigenvalue weighted by Crippen LogP contribution is -2.32. The molecule has 0 bridgehead atoms. The molecule has 29 heavy (non-hydrogen) atoms. The van der Waals surface area contributed by atoms with Gasteiger partial charge >= 0.3 is 0 Å². The van der Waals surface area contributed by atoms with Crippen molar-refractivity contribution < 1.29 is 28.3 Å². The molecule has 0 fully saturated rings. The Hall–Kier alpha value is -2.56. The Labute approximate surface area is 173 Å². The van der Waals surface area contributed by atoms with Crippen molar-refractivity contribution in [2.45, 2.75) is 10.6 Å². The topological polar surface area (TPSA) is 112 Å².